The summed E-state index contributed by atoms with van der Waals surface area (Å²) in [5.74, 6) is 0. The molecule has 0 saturated heterocycles. The zero-order valence-corrected chi connectivity index (χ0v) is 26.2. The van der Waals surface area contributed by atoms with E-state index in [1.165, 1.54) is 76.6 Å². The van der Waals surface area contributed by atoms with E-state index >= 15 is 0 Å². The van der Waals surface area contributed by atoms with E-state index in [4.69, 9.17) is 0 Å². The van der Waals surface area contributed by atoms with Crippen LogP contribution in [0.15, 0.2) is 182 Å². The summed E-state index contributed by atoms with van der Waals surface area (Å²) in [6, 6.07) is 66.1. The molecule has 8 aromatic carbocycles. The third kappa shape index (κ3) is 4.00. The minimum atomic E-state index is 1.15. The van der Waals surface area contributed by atoms with Gasteiger partial charge in [0.2, 0.25) is 0 Å². The van der Waals surface area contributed by atoms with E-state index < -0.39 is 0 Å². The fourth-order valence-electron chi connectivity index (χ4n) is 7.73. The SMILES string of the molecule is c1ccc(-c2ccc(-n3c4ccc5ccccc5c4c4c3ccc3c5ccccc5n(-c5ccc(-c6ccccc6)cc5)c34)cc2)cc1. The first-order chi connectivity index (χ1) is 23.8. The van der Waals surface area contributed by atoms with Gasteiger partial charge in [-0.25, -0.2) is 0 Å². The summed E-state index contributed by atoms with van der Waals surface area (Å²) in [5.41, 5.74) is 12.0. The number of hydrogen-bond donors (Lipinski definition) is 0. The lowest BCUT2D eigenvalue weighted by Crippen LogP contribution is -1.95. The Morgan fingerprint density at radius 2 is 0.771 bits per heavy atom. The highest BCUT2D eigenvalue weighted by Gasteiger charge is 2.22. The van der Waals surface area contributed by atoms with Crippen molar-refractivity contribution < 1.29 is 0 Å². The molecule has 0 bridgehead atoms. The van der Waals surface area contributed by atoms with Crippen LogP contribution in [-0.4, -0.2) is 9.13 Å². The molecule has 0 aliphatic heterocycles. The van der Waals surface area contributed by atoms with Crippen LogP contribution in [0, 0.1) is 0 Å². The third-order valence-corrected chi connectivity index (χ3v) is 9.92. The van der Waals surface area contributed by atoms with Crippen LogP contribution in [0.4, 0.5) is 0 Å². The van der Waals surface area contributed by atoms with Gasteiger partial charge in [-0.2, -0.15) is 0 Å². The van der Waals surface area contributed by atoms with Crippen molar-refractivity contribution in [3.63, 3.8) is 0 Å². The second-order valence-electron chi connectivity index (χ2n) is 12.6. The number of benzene rings is 8. The fourth-order valence-corrected chi connectivity index (χ4v) is 7.73. The second-order valence-corrected chi connectivity index (χ2v) is 12.6. The molecule has 10 aromatic rings. The molecule has 2 nitrogen and oxygen atoms in total. The first-order valence-electron chi connectivity index (χ1n) is 16.5. The molecule has 0 fully saturated rings. The van der Waals surface area contributed by atoms with E-state index in [1.807, 2.05) is 0 Å². The molecule has 10 rings (SSSR count). The average molecular weight is 611 g/mol. The topological polar surface area (TPSA) is 9.86 Å². The third-order valence-electron chi connectivity index (χ3n) is 9.92. The molecule has 0 amide bonds. The van der Waals surface area contributed by atoms with E-state index in [0.717, 1.165) is 11.4 Å². The van der Waals surface area contributed by atoms with Crippen LogP contribution in [-0.2, 0) is 0 Å². The summed E-state index contributed by atoms with van der Waals surface area (Å²) in [6.07, 6.45) is 0. The Bertz CT molecular complexity index is 2780. The molecule has 0 saturated carbocycles. The number of fused-ring (bicyclic) bond motifs is 9. The van der Waals surface area contributed by atoms with Crippen LogP contribution in [0.25, 0.3) is 88.0 Å². The van der Waals surface area contributed by atoms with E-state index in [2.05, 4.69) is 191 Å². The molecule has 0 radical (unpaired) electrons. The molecule has 0 N–H and O–H groups in total. The first-order valence-corrected chi connectivity index (χ1v) is 16.5. The van der Waals surface area contributed by atoms with Crippen molar-refractivity contribution in [2.75, 3.05) is 0 Å². The molecular weight excluding hydrogens is 581 g/mol. The molecule has 0 aliphatic rings. The zero-order chi connectivity index (χ0) is 31.6. The van der Waals surface area contributed by atoms with Gasteiger partial charge >= 0.3 is 0 Å². The van der Waals surface area contributed by atoms with E-state index in [1.54, 1.807) is 0 Å². The van der Waals surface area contributed by atoms with Crippen LogP contribution < -0.4 is 0 Å². The van der Waals surface area contributed by atoms with Crippen molar-refractivity contribution in [2.45, 2.75) is 0 Å². The molecule has 2 heteroatoms. The Labute approximate surface area is 278 Å². The summed E-state index contributed by atoms with van der Waals surface area (Å²) < 4.78 is 4.93. The van der Waals surface area contributed by atoms with Gasteiger partial charge in [0.15, 0.2) is 0 Å². The van der Waals surface area contributed by atoms with E-state index in [9.17, 15) is 0 Å². The number of nitrogens with zero attached hydrogens (tertiary/aromatic N) is 2. The smallest absolute Gasteiger partial charge is 0.0641 e. The van der Waals surface area contributed by atoms with Gasteiger partial charge in [-0.05, 0) is 75.5 Å². The summed E-state index contributed by atoms with van der Waals surface area (Å²) in [5, 5.41) is 7.59. The molecule has 2 heterocycles. The Balaban J connectivity index is 1.31. The van der Waals surface area contributed by atoms with Gasteiger partial charge in [0, 0.05) is 32.9 Å². The average Bonchev–Trinajstić information content (AvgIpc) is 3.69. The van der Waals surface area contributed by atoms with Gasteiger partial charge in [-0.3, -0.25) is 0 Å². The maximum Gasteiger partial charge on any atom is 0.0641 e. The van der Waals surface area contributed by atoms with Gasteiger partial charge in [0.25, 0.3) is 0 Å². The predicted octanol–water partition coefficient (Wildman–Crippen LogP) is 12.4. The molecule has 48 heavy (non-hydrogen) atoms. The van der Waals surface area contributed by atoms with Gasteiger partial charge < -0.3 is 9.13 Å². The minimum Gasteiger partial charge on any atom is -0.309 e. The quantitative estimate of drug-likeness (QED) is 0.188. The molecule has 224 valence electrons. The number of rotatable bonds is 4. The van der Waals surface area contributed by atoms with Crippen molar-refractivity contribution in [3.8, 4) is 33.6 Å². The lowest BCUT2D eigenvalue weighted by Gasteiger charge is -2.11. The fraction of sp³-hybridized carbons (Fsp3) is 0. The summed E-state index contributed by atoms with van der Waals surface area (Å²) in [4.78, 5) is 0. The predicted molar refractivity (Wildman–Crippen MR) is 203 cm³/mol. The van der Waals surface area contributed by atoms with Crippen molar-refractivity contribution in [1.82, 2.24) is 9.13 Å². The number of hydrogen-bond acceptors (Lipinski definition) is 0. The van der Waals surface area contributed by atoms with Crippen molar-refractivity contribution in [1.29, 1.82) is 0 Å². The Morgan fingerprint density at radius 1 is 0.271 bits per heavy atom. The minimum absolute atomic E-state index is 1.15. The summed E-state index contributed by atoms with van der Waals surface area (Å²) in [6.45, 7) is 0. The van der Waals surface area contributed by atoms with Crippen LogP contribution in [0.3, 0.4) is 0 Å². The van der Waals surface area contributed by atoms with Crippen LogP contribution in [0.2, 0.25) is 0 Å². The summed E-state index contributed by atoms with van der Waals surface area (Å²) >= 11 is 0. The standard InChI is InChI=1S/C46H30N2/c1-3-11-31(12-4-1)33-19-24-36(25-20-33)47-42-29-23-35-15-7-8-16-38(35)44(42)45-43(47)30-28-40-39-17-9-10-18-41(39)48(46(40)45)37-26-21-34(22-27-37)32-13-5-2-6-14-32/h1-30H. The lowest BCUT2D eigenvalue weighted by atomic mass is 10.0. The Hall–Kier alpha value is -6.38. The summed E-state index contributed by atoms with van der Waals surface area (Å²) in [7, 11) is 0. The molecule has 0 unspecified atom stereocenters. The molecule has 0 atom stereocenters. The van der Waals surface area contributed by atoms with Gasteiger partial charge in [0.1, 0.15) is 0 Å². The maximum atomic E-state index is 2.48. The highest BCUT2D eigenvalue weighted by molar-refractivity contribution is 6.31. The van der Waals surface area contributed by atoms with E-state index in [0.29, 0.717) is 0 Å². The first kappa shape index (κ1) is 26.8. The second kappa shape index (κ2) is 10.6. The molecule has 2 aromatic heterocycles. The molecular formula is C46H30N2. The number of para-hydroxylation sites is 1. The Morgan fingerprint density at radius 3 is 1.44 bits per heavy atom. The van der Waals surface area contributed by atoms with Gasteiger partial charge in [-0.15, -0.1) is 0 Å². The van der Waals surface area contributed by atoms with Crippen molar-refractivity contribution in [3.05, 3.63) is 182 Å². The normalized spacial score (nSPS) is 11.8. The molecule has 0 aliphatic carbocycles. The van der Waals surface area contributed by atoms with Crippen LogP contribution in [0.1, 0.15) is 0 Å². The van der Waals surface area contributed by atoms with Gasteiger partial charge in [-0.1, -0.05) is 140 Å². The largest absolute Gasteiger partial charge is 0.309 e. The van der Waals surface area contributed by atoms with Gasteiger partial charge in [0.05, 0.1) is 22.1 Å². The Kier molecular flexibility index (Phi) is 5.91. The zero-order valence-electron chi connectivity index (χ0n) is 26.2. The molecule has 0 spiro atoms. The lowest BCUT2D eigenvalue weighted by molar-refractivity contribution is 1.17. The highest BCUT2D eigenvalue weighted by Crippen LogP contribution is 2.44. The van der Waals surface area contributed by atoms with Crippen LogP contribution in [0.5, 0.6) is 0 Å². The number of aromatic nitrogens is 2. The van der Waals surface area contributed by atoms with E-state index in [-0.39, 0.29) is 0 Å². The van der Waals surface area contributed by atoms with Crippen molar-refractivity contribution in [2.24, 2.45) is 0 Å². The maximum absolute atomic E-state index is 2.48. The monoisotopic (exact) mass is 610 g/mol. The van der Waals surface area contributed by atoms with Crippen molar-refractivity contribution >= 4 is 54.4 Å². The van der Waals surface area contributed by atoms with Crippen LogP contribution >= 0.6 is 0 Å². The highest BCUT2D eigenvalue weighted by atomic mass is 15.0.